The molecule has 3 aromatic carbocycles. The number of allylic oxidation sites excluding steroid dienone is 1. The van der Waals surface area contributed by atoms with Crippen LogP contribution in [0.4, 0.5) is 0 Å². The lowest BCUT2D eigenvalue weighted by molar-refractivity contribution is -0.135. The molecule has 0 saturated heterocycles. The minimum absolute atomic E-state index is 0.0357. The Balaban J connectivity index is 1.41. The van der Waals surface area contributed by atoms with Gasteiger partial charge in [-0.2, -0.15) is 0 Å². The standard InChI is InChI=1S/C27H20O8/c1-31-19-6-3-15(12-18(19)28)17-13-24(29)34-21-7-4-16-26(30)23(35-27(16)25(17)21)11-14-2-5-20-22(10-14)33-9-8-32-20/h2-7,10-12,17,28H,8-9,13H2,1H3/b23-11-/t17-/m1/s1. The van der Waals surface area contributed by atoms with Gasteiger partial charge in [-0.15, -0.1) is 0 Å². The molecule has 0 bridgehead atoms. The van der Waals surface area contributed by atoms with E-state index in [9.17, 15) is 14.7 Å². The highest BCUT2D eigenvalue weighted by atomic mass is 16.6. The van der Waals surface area contributed by atoms with E-state index < -0.39 is 11.9 Å². The van der Waals surface area contributed by atoms with Crippen LogP contribution < -0.4 is 23.7 Å². The maximum atomic E-state index is 13.2. The molecule has 0 aromatic heterocycles. The number of rotatable bonds is 3. The van der Waals surface area contributed by atoms with Crippen molar-refractivity contribution < 1.29 is 38.4 Å². The Hall–Kier alpha value is -4.46. The molecule has 8 nitrogen and oxygen atoms in total. The molecule has 1 atom stereocenters. The van der Waals surface area contributed by atoms with Gasteiger partial charge in [0, 0.05) is 11.5 Å². The van der Waals surface area contributed by atoms with Crippen LogP contribution in [0.15, 0.2) is 54.3 Å². The summed E-state index contributed by atoms with van der Waals surface area (Å²) in [5.41, 5.74) is 2.37. The second kappa shape index (κ2) is 8.09. The Labute approximate surface area is 200 Å². The summed E-state index contributed by atoms with van der Waals surface area (Å²) < 4.78 is 27.9. The average molecular weight is 472 g/mol. The number of ketones is 1. The monoisotopic (exact) mass is 472 g/mol. The second-order valence-electron chi connectivity index (χ2n) is 8.36. The van der Waals surface area contributed by atoms with E-state index in [0.29, 0.717) is 58.7 Å². The molecule has 0 spiro atoms. The van der Waals surface area contributed by atoms with Crippen LogP contribution in [0.3, 0.4) is 0 Å². The summed E-state index contributed by atoms with van der Waals surface area (Å²) in [5, 5.41) is 10.3. The zero-order valence-corrected chi connectivity index (χ0v) is 18.7. The average Bonchev–Trinajstić information content (AvgIpc) is 3.18. The predicted octanol–water partition coefficient (Wildman–Crippen LogP) is 4.23. The maximum absolute atomic E-state index is 13.2. The van der Waals surface area contributed by atoms with Gasteiger partial charge in [-0.1, -0.05) is 12.1 Å². The van der Waals surface area contributed by atoms with E-state index >= 15 is 0 Å². The van der Waals surface area contributed by atoms with Crippen molar-refractivity contribution in [3.8, 4) is 34.5 Å². The molecular formula is C27H20O8. The fourth-order valence-corrected chi connectivity index (χ4v) is 4.62. The van der Waals surface area contributed by atoms with Crippen LogP contribution in [0.5, 0.6) is 34.5 Å². The minimum atomic E-state index is -0.473. The summed E-state index contributed by atoms with van der Waals surface area (Å²) in [7, 11) is 1.46. The van der Waals surface area contributed by atoms with Crippen molar-refractivity contribution in [3.63, 3.8) is 0 Å². The summed E-state index contributed by atoms with van der Waals surface area (Å²) in [4.78, 5) is 25.6. The number of carbonyl (C=O) groups is 2. The number of hydrogen-bond donors (Lipinski definition) is 1. The van der Waals surface area contributed by atoms with Gasteiger partial charge in [0.25, 0.3) is 0 Å². The molecule has 0 saturated carbocycles. The summed E-state index contributed by atoms with van der Waals surface area (Å²) >= 11 is 0. The Bertz CT molecular complexity index is 1420. The van der Waals surface area contributed by atoms with Crippen molar-refractivity contribution in [2.45, 2.75) is 12.3 Å². The SMILES string of the molecule is COc1ccc([C@H]2CC(=O)Oc3ccc4c(c32)O/C(=C\c2ccc3c(c2)OCCO3)C4=O)cc1O. The number of hydrogen-bond acceptors (Lipinski definition) is 8. The van der Waals surface area contributed by atoms with Crippen LogP contribution in [0, 0.1) is 0 Å². The molecule has 6 rings (SSSR count). The molecule has 0 radical (unpaired) electrons. The zero-order valence-electron chi connectivity index (χ0n) is 18.7. The van der Waals surface area contributed by atoms with Crippen molar-refractivity contribution in [3.05, 3.63) is 76.5 Å². The first-order valence-electron chi connectivity index (χ1n) is 11.1. The van der Waals surface area contributed by atoms with Crippen molar-refractivity contribution in [1.29, 1.82) is 0 Å². The number of fused-ring (bicyclic) bond motifs is 4. The molecule has 0 aliphatic carbocycles. The van der Waals surface area contributed by atoms with E-state index in [2.05, 4.69) is 0 Å². The van der Waals surface area contributed by atoms with Gasteiger partial charge in [-0.25, -0.2) is 0 Å². The lowest BCUT2D eigenvalue weighted by Crippen LogP contribution is -2.21. The number of aromatic hydroxyl groups is 1. The summed E-state index contributed by atoms with van der Waals surface area (Å²) in [6.45, 7) is 0.953. The van der Waals surface area contributed by atoms with Crippen LogP contribution in [0.1, 0.15) is 39.4 Å². The van der Waals surface area contributed by atoms with Crippen LogP contribution in [-0.4, -0.2) is 37.2 Å². The van der Waals surface area contributed by atoms with Gasteiger partial charge in [0.1, 0.15) is 24.7 Å². The largest absolute Gasteiger partial charge is 0.504 e. The number of carbonyl (C=O) groups excluding carboxylic acids is 2. The van der Waals surface area contributed by atoms with Crippen molar-refractivity contribution in [2.24, 2.45) is 0 Å². The Morgan fingerprint density at radius 3 is 2.54 bits per heavy atom. The van der Waals surface area contributed by atoms with E-state index in [4.69, 9.17) is 23.7 Å². The quantitative estimate of drug-likeness (QED) is 0.343. The van der Waals surface area contributed by atoms with Gasteiger partial charge in [0.15, 0.2) is 28.8 Å². The van der Waals surface area contributed by atoms with Gasteiger partial charge in [0.05, 0.1) is 19.1 Å². The molecule has 3 aliphatic heterocycles. The number of esters is 1. The molecule has 3 aromatic rings. The van der Waals surface area contributed by atoms with Gasteiger partial charge in [-0.3, -0.25) is 9.59 Å². The molecule has 176 valence electrons. The van der Waals surface area contributed by atoms with Gasteiger partial charge < -0.3 is 28.8 Å². The molecular weight excluding hydrogens is 452 g/mol. The summed E-state index contributed by atoms with van der Waals surface area (Å²) in [5.74, 6) is 1.21. The summed E-state index contributed by atoms with van der Waals surface area (Å²) in [6.07, 6.45) is 1.68. The molecule has 1 N–H and O–H groups in total. The lowest BCUT2D eigenvalue weighted by Gasteiger charge is -2.26. The highest BCUT2D eigenvalue weighted by Gasteiger charge is 2.38. The Morgan fingerprint density at radius 1 is 0.943 bits per heavy atom. The molecule has 0 unspecified atom stereocenters. The normalized spacial score (nSPS) is 19.0. The molecule has 0 fully saturated rings. The number of benzene rings is 3. The minimum Gasteiger partial charge on any atom is -0.504 e. The van der Waals surface area contributed by atoms with Gasteiger partial charge in [-0.05, 0) is 53.6 Å². The van der Waals surface area contributed by atoms with Crippen LogP contribution in [0.2, 0.25) is 0 Å². The fourth-order valence-electron chi connectivity index (χ4n) is 4.62. The van der Waals surface area contributed by atoms with E-state index in [1.807, 2.05) is 6.07 Å². The van der Waals surface area contributed by atoms with E-state index in [-0.39, 0.29) is 23.7 Å². The third-order valence-corrected chi connectivity index (χ3v) is 6.25. The third kappa shape index (κ3) is 3.54. The van der Waals surface area contributed by atoms with E-state index in [1.165, 1.54) is 7.11 Å². The van der Waals surface area contributed by atoms with E-state index in [1.54, 1.807) is 48.5 Å². The lowest BCUT2D eigenvalue weighted by atomic mass is 9.84. The van der Waals surface area contributed by atoms with Gasteiger partial charge >= 0.3 is 5.97 Å². The van der Waals surface area contributed by atoms with Crippen molar-refractivity contribution >= 4 is 17.8 Å². The number of phenolic OH excluding ortho intramolecular Hbond substituents is 1. The van der Waals surface area contributed by atoms with Crippen LogP contribution >= 0.6 is 0 Å². The highest BCUT2D eigenvalue weighted by Crippen LogP contribution is 2.49. The van der Waals surface area contributed by atoms with Crippen LogP contribution in [0.25, 0.3) is 6.08 Å². The number of methoxy groups -OCH3 is 1. The number of phenols is 1. The summed E-state index contributed by atoms with van der Waals surface area (Å²) in [6, 6.07) is 13.6. The smallest absolute Gasteiger partial charge is 0.312 e. The Morgan fingerprint density at radius 2 is 1.74 bits per heavy atom. The number of Topliss-reactive ketones (excluding diaryl/α,β-unsaturated/α-hetero) is 1. The highest BCUT2D eigenvalue weighted by molar-refractivity contribution is 6.15. The molecule has 3 aliphatic rings. The Kier molecular flexibility index (Phi) is 4.88. The third-order valence-electron chi connectivity index (χ3n) is 6.25. The molecule has 35 heavy (non-hydrogen) atoms. The topological polar surface area (TPSA) is 101 Å². The van der Waals surface area contributed by atoms with E-state index in [0.717, 1.165) is 5.56 Å². The molecule has 0 amide bonds. The molecule has 3 heterocycles. The number of ether oxygens (including phenoxy) is 5. The first kappa shape index (κ1) is 21.1. The predicted molar refractivity (Wildman–Crippen MR) is 124 cm³/mol. The van der Waals surface area contributed by atoms with Crippen LogP contribution in [-0.2, 0) is 4.79 Å². The second-order valence-corrected chi connectivity index (χ2v) is 8.36. The first-order valence-corrected chi connectivity index (χ1v) is 11.1. The zero-order chi connectivity index (χ0) is 24.1. The van der Waals surface area contributed by atoms with Gasteiger partial charge in [0.2, 0.25) is 5.78 Å². The van der Waals surface area contributed by atoms with Crippen molar-refractivity contribution in [2.75, 3.05) is 20.3 Å². The van der Waals surface area contributed by atoms with Crippen molar-refractivity contribution in [1.82, 2.24) is 0 Å². The fraction of sp³-hybridized carbons (Fsp3) is 0.185. The maximum Gasteiger partial charge on any atom is 0.312 e. The first-order chi connectivity index (χ1) is 17.0. The molecule has 8 heteroatoms.